The number of pyridine rings is 1. The molecule has 6 heteroatoms. The van der Waals surface area contributed by atoms with Gasteiger partial charge in [-0.2, -0.15) is 0 Å². The number of hydrogen-bond donors (Lipinski definition) is 0. The lowest BCUT2D eigenvalue weighted by Crippen LogP contribution is -2.24. The van der Waals surface area contributed by atoms with Gasteiger partial charge in [-0.3, -0.25) is 19.4 Å². The van der Waals surface area contributed by atoms with Gasteiger partial charge in [-0.05, 0) is 13.0 Å². The number of Topliss-reactive ketones (excluding diaryl/α,β-unsaturated/α-hetero) is 2. The molecule has 1 aromatic heterocycles. The number of aromatic nitrogens is 1. The quantitative estimate of drug-likeness (QED) is 0.776. The Kier molecular flexibility index (Phi) is 3.65. The summed E-state index contributed by atoms with van der Waals surface area (Å²) in [6, 6.07) is 1.47. The van der Waals surface area contributed by atoms with Gasteiger partial charge < -0.3 is 9.47 Å². The Balaban J connectivity index is 2.54. The number of fused-ring (bicyclic) bond motifs is 1. The highest BCUT2D eigenvalue weighted by Gasteiger charge is 2.33. The van der Waals surface area contributed by atoms with Gasteiger partial charge in [0.05, 0.1) is 18.4 Å². The fourth-order valence-electron chi connectivity index (χ4n) is 2.06. The second kappa shape index (κ2) is 5.24. The highest BCUT2D eigenvalue weighted by Crippen LogP contribution is 2.28. The average Bonchev–Trinajstić information content (AvgIpc) is 2.43. The molecule has 20 heavy (non-hydrogen) atoms. The molecule has 0 unspecified atom stereocenters. The van der Waals surface area contributed by atoms with Crippen molar-refractivity contribution in [2.45, 2.75) is 20.5 Å². The maximum atomic E-state index is 12.4. The van der Waals surface area contributed by atoms with Crippen molar-refractivity contribution in [1.29, 1.82) is 0 Å². The van der Waals surface area contributed by atoms with Crippen LogP contribution in [0, 0.1) is 0 Å². The van der Waals surface area contributed by atoms with Gasteiger partial charge in [0.25, 0.3) is 0 Å². The first kappa shape index (κ1) is 13.9. The molecule has 0 saturated heterocycles. The predicted molar refractivity (Wildman–Crippen MR) is 68.1 cm³/mol. The van der Waals surface area contributed by atoms with Crippen LogP contribution in [0.25, 0.3) is 0 Å². The van der Waals surface area contributed by atoms with Gasteiger partial charge in [0.1, 0.15) is 6.61 Å². The lowest BCUT2D eigenvalue weighted by atomic mass is 9.88. The molecule has 1 aliphatic rings. The molecule has 1 aromatic rings. The summed E-state index contributed by atoms with van der Waals surface area (Å²) in [6.45, 7) is 2.63. The third-order valence-electron chi connectivity index (χ3n) is 3.00. The molecule has 0 amide bonds. The maximum absolute atomic E-state index is 12.4. The first-order valence-corrected chi connectivity index (χ1v) is 5.92. The number of carbonyl (C=O) groups excluding carboxylic acids is 3. The van der Waals surface area contributed by atoms with Gasteiger partial charge >= 0.3 is 5.97 Å². The van der Waals surface area contributed by atoms with Crippen LogP contribution in [0.3, 0.4) is 0 Å². The van der Waals surface area contributed by atoms with Crippen LogP contribution in [-0.2, 0) is 20.9 Å². The molecule has 1 aliphatic carbocycles. The Morgan fingerprint density at radius 2 is 2.00 bits per heavy atom. The zero-order valence-electron chi connectivity index (χ0n) is 11.4. The highest BCUT2D eigenvalue weighted by molar-refractivity contribution is 6.26. The van der Waals surface area contributed by atoms with E-state index in [1.165, 1.54) is 33.2 Å². The van der Waals surface area contributed by atoms with Crippen molar-refractivity contribution in [1.82, 2.24) is 4.98 Å². The third-order valence-corrected chi connectivity index (χ3v) is 3.00. The fourth-order valence-corrected chi connectivity index (χ4v) is 2.06. The van der Waals surface area contributed by atoms with Crippen LogP contribution in [0.4, 0.5) is 0 Å². The van der Waals surface area contributed by atoms with Crippen LogP contribution >= 0.6 is 0 Å². The van der Waals surface area contributed by atoms with E-state index >= 15 is 0 Å². The van der Waals surface area contributed by atoms with Crippen molar-refractivity contribution in [3.63, 3.8) is 0 Å². The minimum absolute atomic E-state index is 0.000394. The molecular weight excluding hydrogens is 262 g/mol. The van der Waals surface area contributed by atoms with Crippen LogP contribution in [0.1, 0.15) is 40.3 Å². The molecule has 6 nitrogen and oxygen atoms in total. The summed E-state index contributed by atoms with van der Waals surface area (Å²) in [7, 11) is 1.33. The summed E-state index contributed by atoms with van der Waals surface area (Å²) in [5.41, 5.74) is 0.902. The van der Waals surface area contributed by atoms with Crippen LogP contribution in [0.2, 0.25) is 0 Å². The fraction of sp³-hybridized carbons (Fsp3) is 0.286. The second-order valence-corrected chi connectivity index (χ2v) is 4.28. The van der Waals surface area contributed by atoms with Crippen LogP contribution < -0.4 is 0 Å². The Morgan fingerprint density at radius 1 is 1.30 bits per heavy atom. The topological polar surface area (TPSA) is 82.6 Å². The normalized spacial score (nSPS) is 14.2. The van der Waals surface area contributed by atoms with Crippen LogP contribution in [0.5, 0.6) is 0 Å². The minimum Gasteiger partial charge on any atom is -0.492 e. The number of carbonyl (C=O) groups is 3. The number of ether oxygens (including phenoxy) is 2. The van der Waals surface area contributed by atoms with Gasteiger partial charge in [-0.15, -0.1) is 0 Å². The maximum Gasteiger partial charge on any atom is 0.303 e. The highest BCUT2D eigenvalue weighted by atomic mass is 16.5. The number of rotatable bonds is 3. The first-order chi connectivity index (χ1) is 9.47. The monoisotopic (exact) mass is 275 g/mol. The number of hydrogen-bond acceptors (Lipinski definition) is 6. The van der Waals surface area contributed by atoms with E-state index in [1.807, 2.05) is 0 Å². The van der Waals surface area contributed by atoms with E-state index in [-0.39, 0.29) is 40.5 Å². The van der Waals surface area contributed by atoms with E-state index < -0.39 is 11.8 Å². The summed E-state index contributed by atoms with van der Waals surface area (Å²) in [5, 5.41) is 0. The molecule has 1 heterocycles. The van der Waals surface area contributed by atoms with E-state index in [0.717, 1.165) is 0 Å². The van der Waals surface area contributed by atoms with E-state index in [1.54, 1.807) is 0 Å². The molecule has 0 aliphatic heterocycles. The molecule has 0 aromatic carbocycles. The van der Waals surface area contributed by atoms with Gasteiger partial charge in [-0.1, -0.05) is 0 Å². The number of methoxy groups -OCH3 is 1. The zero-order chi connectivity index (χ0) is 14.9. The molecule has 0 spiro atoms. The summed E-state index contributed by atoms with van der Waals surface area (Å²) >= 11 is 0. The number of ketones is 2. The number of allylic oxidation sites excluding steroid dienone is 2. The van der Waals surface area contributed by atoms with Crippen LogP contribution in [-0.4, -0.2) is 29.6 Å². The van der Waals surface area contributed by atoms with E-state index in [2.05, 4.69) is 4.98 Å². The molecule has 0 saturated carbocycles. The Bertz CT molecular complexity index is 645. The average molecular weight is 275 g/mol. The summed E-state index contributed by atoms with van der Waals surface area (Å²) < 4.78 is 9.85. The van der Waals surface area contributed by atoms with E-state index in [0.29, 0.717) is 0 Å². The van der Waals surface area contributed by atoms with Gasteiger partial charge in [-0.25, -0.2) is 0 Å². The van der Waals surface area contributed by atoms with Crippen molar-refractivity contribution in [2.24, 2.45) is 0 Å². The number of esters is 1. The summed E-state index contributed by atoms with van der Waals surface area (Å²) in [6.07, 6.45) is 1.41. The van der Waals surface area contributed by atoms with Crippen molar-refractivity contribution >= 4 is 17.5 Å². The molecule has 0 N–H and O–H groups in total. The molecule has 104 valence electrons. The largest absolute Gasteiger partial charge is 0.492 e. The lowest BCUT2D eigenvalue weighted by molar-refractivity contribution is -0.142. The van der Waals surface area contributed by atoms with Gasteiger partial charge in [0, 0.05) is 24.3 Å². The second-order valence-electron chi connectivity index (χ2n) is 4.28. The van der Waals surface area contributed by atoms with Gasteiger partial charge in [0.2, 0.25) is 5.78 Å². The van der Waals surface area contributed by atoms with Crippen molar-refractivity contribution in [2.75, 3.05) is 7.11 Å². The summed E-state index contributed by atoms with van der Waals surface area (Å²) in [5.74, 6) is -1.20. The lowest BCUT2D eigenvalue weighted by Gasteiger charge is -2.19. The van der Waals surface area contributed by atoms with Crippen LogP contribution in [0.15, 0.2) is 23.6 Å². The zero-order valence-corrected chi connectivity index (χ0v) is 11.4. The van der Waals surface area contributed by atoms with E-state index in [9.17, 15) is 14.4 Å². The third kappa shape index (κ3) is 2.20. The first-order valence-electron chi connectivity index (χ1n) is 5.92. The summed E-state index contributed by atoms with van der Waals surface area (Å²) in [4.78, 5) is 39.4. The van der Waals surface area contributed by atoms with Crippen molar-refractivity contribution < 1.29 is 23.9 Å². The molecule has 2 rings (SSSR count). The molecule has 0 bridgehead atoms. The Labute approximate surface area is 115 Å². The standard InChI is InChI=1S/C14H13NO5/c1-7-12(17)9-4-5-15-10(6-20-8(2)16)11(9)13(18)14(7)19-3/h4-5H,6H2,1-3H3. The predicted octanol–water partition coefficient (Wildman–Crippen LogP) is 1.44. The SMILES string of the molecule is COC1=C(C)C(=O)c2ccnc(COC(C)=O)c2C1=O. The van der Waals surface area contributed by atoms with Gasteiger partial charge in [0.15, 0.2) is 11.5 Å². The number of nitrogens with zero attached hydrogens (tertiary/aromatic N) is 1. The Morgan fingerprint density at radius 3 is 2.60 bits per heavy atom. The molecule has 0 fully saturated rings. The Hall–Kier alpha value is -2.50. The molecule has 0 radical (unpaired) electrons. The van der Waals surface area contributed by atoms with E-state index in [4.69, 9.17) is 9.47 Å². The smallest absolute Gasteiger partial charge is 0.303 e. The molecular formula is C14H13NO5. The molecule has 0 atom stereocenters. The minimum atomic E-state index is -0.488. The van der Waals surface area contributed by atoms with Crippen molar-refractivity contribution in [3.8, 4) is 0 Å². The van der Waals surface area contributed by atoms with Crippen molar-refractivity contribution in [3.05, 3.63) is 40.4 Å².